The Kier molecular flexibility index (Phi) is 11.0. The van der Waals surface area contributed by atoms with Crippen LogP contribution in [0.4, 0.5) is 13.2 Å². The molecule has 1 unspecified atom stereocenters. The molecule has 3 N–H and O–H groups in total. The number of piperidine rings is 1. The predicted molar refractivity (Wildman–Crippen MR) is 186 cm³/mol. The number of hydrogen-bond acceptors (Lipinski definition) is 7. The van der Waals surface area contributed by atoms with Crippen molar-refractivity contribution in [3.05, 3.63) is 75.6 Å². The van der Waals surface area contributed by atoms with Gasteiger partial charge in [0.05, 0.1) is 30.4 Å². The van der Waals surface area contributed by atoms with E-state index in [9.17, 15) is 27.9 Å². The largest absolute Gasteiger partial charge is 0.506 e. The molecular weight excluding hydrogens is 653 g/mol. The molecular formula is C36H49F3N4O5Si. The maximum atomic E-state index is 13.0. The molecule has 2 aromatic carbocycles. The van der Waals surface area contributed by atoms with Crippen LogP contribution in [0.3, 0.4) is 0 Å². The Balaban J connectivity index is 1.18. The van der Waals surface area contributed by atoms with Crippen molar-refractivity contribution in [2.45, 2.75) is 82.6 Å². The van der Waals surface area contributed by atoms with E-state index in [0.717, 1.165) is 34.4 Å². The molecule has 3 aromatic rings. The van der Waals surface area contributed by atoms with Gasteiger partial charge in [0.15, 0.2) is 8.32 Å². The Hall–Kier alpha value is -3.23. The van der Waals surface area contributed by atoms with Crippen LogP contribution in [0.25, 0.3) is 10.9 Å². The van der Waals surface area contributed by atoms with E-state index in [1.54, 1.807) is 12.1 Å². The van der Waals surface area contributed by atoms with E-state index in [4.69, 9.17) is 9.16 Å². The summed E-state index contributed by atoms with van der Waals surface area (Å²) in [5, 5.41) is 14.8. The fourth-order valence-electron chi connectivity index (χ4n) is 6.51. The van der Waals surface area contributed by atoms with Crippen LogP contribution in [-0.2, 0) is 26.9 Å². The van der Waals surface area contributed by atoms with E-state index in [0.29, 0.717) is 44.5 Å². The molecule has 2 saturated heterocycles. The molecule has 13 heteroatoms. The van der Waals surface area contributed by atoms with Crippen molar-refractivity contribution in [3.63, 3.8) is 0 Å². The van der Waals surface area contributed by atoms with Crippen LogP contribution in [0.5, 0.6) is 5.75 Å². The zero-order chi connectivity index (χ0) is 35.6. The number of likely N-dealkylation sites (tertiary alicyclic amines) is 1. The van der Waals surface area contributed by atoms with Gasteiger partial charge >= 0.3 is 12.1 Å². The smallest absolute Gasteiger partial charge is 0.471 e. The van der Waals surface area contributed by atoms with Crippen LogP contribution in [0.1, 0.15) is 56.4 Å². The maximum absolute atomic E-state index is 13.0. The van der Waals surface area contributed by atoms with E-state index in [1.807, 2.05) is 12.1 Å². The number of halogens is 3. The van der Waals surface area contributed by atoms with Crippen LogP contribution >= 0.6 is 0 Å². The molecule has 0 bridgehead atoms. The van der Waals surface area contributed by atoms with Gasteiger partial charge in [0, 0.05) is 44.2 Å². The van der Waals surface area contributed by atoms with Gasteiger partial charge in [-0.25, -0.2) is 0 Å². The summed E-state index contributed by atoms with van der Waals surface area (Å²) in [7, 11) is -2.19. The molecule has 1 aromatic heterocycles. The number of alkyl halides is 3. The van der Waals surface area contributed by atoms with Crippen molar-refractivity contribution < 1.29 is 32.2 Å². The molecule has 0 saturated carbocycles. The van der Waals surface area contributed by atoms with E-state index < -0.39 is 26.0 Å². The summed E-state index contributed by atoms with van der Waals surface area (Å²) in [5.74, 6) is -1.76. The topological polar surface area (TPSA) is 107 Å². The number of rotatable bonds is 10. The van der Waals surface area contributed by atoms with Gasteiger partial charge < -0.3 is 29.5 Å². The minimum Gasteiger partial charge on any atom is -0.506 e. The minimum atomic E-state index is -4.87. The number of ether oxygens (including phenoxy) is 1. The van der Waals surface area contributed by atoms with Crippen molar-refractivity contribution in [3.8, 4) is 5.75 Å². The third-order valence-electron chi connectivity index (χ3n) is 10.4. The summed E-state index contributed by atoms with van der Waals surface area (Å²) < 4.78 is 52.0. The summed E-state index contributed by atoms with van der Waals surface area (Å²) in [6.07, 6.45) is -3.23. The standard InChI is InChI=1S/C36H49F3N4O5Si/c1-34(2,3)49(4,5)48-30(27-9-11-29(44)32-28(27)10-12-31(45)41-32)22-40-16-13-25-7-6-8-26(21-25)23-42-17-14-35(15-18-42)24-43(19-20-47-35)33(46)36(37,38)39/h6-12,21,30,40,44H,13-20,22-24H2,1-5H3,(H,41,45). The van der Waals surface area contributed by atoms with Gasteiger partial charge in [-0.05, 0) is 72.8 Å². The number of amides is 1. The number of benzene rings is 2. The van der Waals surface area contributed by atoms with Crippen LogP contribution in [-0.4, -0.2) is 91.8 Å². The van der Waals surface area contributed by atoms with Gasteiger partial charge in [-0.3, -0.25) is 14.5 Å². The number of nitrogens with zero attached hydrogens (tertiary/aromatic N) is 2. The Morgan fingerprint density at radius 1 is 1.08 bits per heavy atom. The average molecular weight is 703 g/mol. The second-order valence-corrected chi connectivity index (χ2v) is 19.7. The third-order valence-corrected chi connectivity index (χ3v) is 14.8. The lowest BCUT2D eigenvalue weighted by Crippen LogP contribution is -2.59. The lowest BCUT2D eigenvalue weighted by atomic mass is 9.89. The molecule has 2 aliphatic heterocycles. The lowest BCUT2D eigenvalue weighted by molar-refractivity contribution is -0.200. The molecule has 5 rings (SSSR count). The summed E-state index contributed by atoms with van der Waals surface area (Å²) >= 11 is 0. The average Bonchev–Trinajstić information content (AvgIpc) is 3.03. The molecule has 1 spiro atoms. The normalized spacial score (nSPS) is 18.2. The Morgan fingerprint density at radius 3 is 2.49 bits per heavy atom. The fourth-order valence-corrected chi connectivity index (χ4v) is 7.79. The molecule has 9 nitrogen and oxygen atoms in total. The Morgan fingerprint density at radius 2 is 1.80 bits per heavy atom. The Bertz CT molecular complexity index is 1680. The zero-order valence-corrected chi connectivity index (χ0v) is 30.1. The number of pyridine rings is 1. The molecule has 1 atom stereocenters. The molecule has 0 radical (unpaired) electrons. The van der Waals surface area contributed by atoms with Gasteiger partial charge in [-0.2, -0.15) is 13.2 Å². The number of aromatic hydroxyl groups is 1. The van der Waals surface area contributed by atoms with E-state index in [2.05, 4.69) is 67.3 Å². The number of phenols is 1. The zero-order valence-electron chi connectivity index (χ0n) is 29.1. The number of carbonyl (C=O) groups is 1. The molecule has 2 fully saturated rings. The highest BCUT2D eigenvalue weighted by molar-refractivity contribution is 6.74. The highest BCUT2D eigenvalue weighted by Gasteiger charge is 2.48. The van der Waals surface area contributed by atoms with E-state index in [-0.39, 0.29) is 42.1 Å². The van der Waals surface area contributed by atoms with Gasteiger partial charge in [0.25, 0.3) is 0 Å². The molecule has 49 heavy (non-hydrogen) atoms. The predicted octanol–water partition coefficient (Wildman–Crippen LogP) is 5.88. The van der Waals surface area contributed by atoms with Crippen LogP contribution in [0, 0.1) is 0 Å². The maximum Gasteiger partial charge on any atom is 0.471 e. The van der Waals surface area contributed by atoms with Crippen molar-refractivity contribution >= 4 is 25.1 Å². The number of phenolic OH excluding ortho intramolecular Hbond substituents is 1. The van der Waals surface area contributed by atoms with Gasteiger partial charge in [0.1, 0.15) is 5.75 Å². The third kappa shape index (κ3) is 8.93. The highest BCUT2D eigenvalue weighted by atomic mass is 28.4. The Labute approximate surface area is 286 Å². The number of nitrogens with one attached hydrogen (secondary N) is 2. The van der Waals surface area contributed by atoms with Crippen molar-refractivity contribution in [1.29, 1.82) is 0 Å². The van der Waals surface area contributed by atoms with Crippen LogP contribution in [0.15, 0.2) is 53.3 Å². The minimum absolute atomic E-state index is 0.0163. The highest BCUT2D eigenvalue weighted by Crippen LogP contribution is 2.41. The molecule has 1 amide bonds. The number of hydrogen-bond donors (Lipinski definition) is 3. The first-order valence-corrected chi connectivity index (χ1v) is 19.9. The van der Waals surface area contributed by atoms with Gasteiger partial charge in [-0.1, -0.05) is 51.1 Å². The number of fused-ring (bicyclic) bond motifs is 1. The van der Waals surface area contributed by atoms with E-state index in [1.165, 1.54) is 11.6 Å². The van der Waals surface area contributed by atoms with Crippen molar-refractivity contribution in [2.75, 3.05) is 45.9 Å². The van der Waals surface area contributed by atoms with Gasteiger partial charge in [-0.15, -0.1) is 0 Å². The summed E-state index contributed by atoms with van der Waals surface area (Å²) in [6, 6.07) is 15.1. The first-order valence-electron chi connectivity index (χ1n) is 17.0. The van der Waals surface area contributed by atoms with Crippen molar-refractivity contribution in [1.82, 2.24) is 20.1 Å². The summed E-state index contributed by atoms with van der Waals surface area (Å²) in [4.78, 5) is 29.8. The number of aromatic amines is 1. The molecule has 0 aliphatic carbocycles. The molecule has 268 valence electrons. The number of aromatic nitrogens is 1. The second kappa shape index (κ2) is 14.6. The second-order valence-electron chi connectivity index (χ2n) is 15.0. The summed E-state index contributed by atoms with van der Waals surface area (Å²) in [6.45, 7) is 14.4. The number of morpholine rings is 1. The number of carbonyl (C=O) groups excluding carboxylic acids is 1. The van der Waals surface area contributed by atoms with Gasteiger partial charge in [0.2, 0.25) is 5.56 Å². The number of H-pyrrole nitrogens is 1. The lowest BCUT2D eigenvalue weighted by Gasteiger charge is -2.47. The van der Waals surface area contributed by atoms with Crippen LogP contribution < -0.4 is 10.9 Å². The van der Waals surface area contributed by atoms with Crippen LogP contribution in [0.2, 0.25) is 18.1 Å². The molecule has 3 heterocycles. The SMILES string of the molecule is CC(C)(C)[Si](C)(C)OC(CNCCc1cccc(CN2CCC3(CC2)CN(C(=O)C(F)(F)F)CCO3)c1)c1ccc(O)c2[nH]c(=O)ccc12. The van der Waals surface area contributed by atoms with E-state index >= 15 is 0 Å². The first-order chi connectivity index (χ1) is 23.0. The quantitative estimate of drug-likeness (QED) is 0.179. The summed E-state index contributed by atoms with van der Waals surface area (Å²) in [5.41, 5.74) is 2.65. The monoisotopic (exact) mass is 702 g/mol. The van der Waals surface area contributed by atoms with Crippen molar-refractivity contribution in [2.24, 2.45) is 0 Å². The fraction of sp³-hybridized carbons (Fsp3) is 0.556. The molecule has 2 aliphatic rings. The first kappa shape index (κ1) is 37.0.